The zero-order valence-electron chi connectivity index (χ0n) is 13.3. The first-order chi connectivity index (χ1) is 9.93. The minimum absolute atomic E-state index is 0.393. The smallest absolute Gasteiger partial charge is 0.149 e. The van der Waals surface area contributed by atoms with Crippen LogP contribution in [0.25, 0.3) is 10.6 Å². The molecule has 0 aliphatic carbocycles. The Balaban J connectivity index is 2.39. The van der Waals surface area contributed by atoms with Gasteiger partial charge in [-0.15, -0.1) is 11.3 Å². The molecule has 2 N–H and O–H groups in total. The molecule has 21 heavy (non-hydrogen) atoms. The quantitative estimate of drug-likeness (QED) is 0.885. The average Bonchev–Trinajstić information content (AvgIpc) is 2.96. The summed E-state index contributed by atoms with van der Waals surface area (Å²) >= 11 is 3.10. The van der Waals surface area contributed by atoms with Crippen molar-refractivity contribution in [1.82, 2.24) is 14.3 Å². The van der Waals surface area contributed by atoms with Gasteiger partial charge in [-0.2, -0.15) is 4.37 Å². The maximum absolute atomic E-state index is 6.11. The van der Waals surface area contributed by atoms with E-state index in [-0.39, 0.29) is 0 Å². The minimum Gasteiger partial charge on any atom is -0.382 e. The number of anilines is 2. The zero-order valence-corrected chi connectivity index (χ0v) is 14.9. The number of nitrogen functional groups attached to an aromatic ring is 1. The molecule has 0 spiro atoms. The second-order valence-corrected chi connectivity index (χ2v) is 7.05. The summed E-state index contributed by atoms with van der Waals surface area (Å²) in [6.45, 7) is 8.31. The zero-order chi connectivity index (χ0) is 15.6. The molecule has 0 aliphatic heterocycles. The van der Waals surface area contributed by atoms with Gasteiger partial charge in [0.25, 0.3) is 0 Å². The van der Waals surface area contributed by atoms with E-state index < -0.39 is 0 Å². The normalized spacial score (nSPS) is 12.9. The Bertz CT molecular complexity index is 590. The lowest BCUT2D eigenvalue weighted by molar-refractivity contribution is 0.373. The molecule has 7 heteroatoms. The number of hydrogen-bond acceptors (Lipinski definition) is 7. The minimum atomic E-state index is 0.393. The first-order valence-electron chi connectivity index (χ1n) is 7.03. The van der Waals surface area contributed by atoms with Gasteiger partial charge in [0.1, 0.15) is 15.8 Å². The third kappa shape index (κ3) is 3.53. The fourth-order valence-electron chi connectivity index (χ4n) is 2.44. The van der Waals surface area contributed by atoms with Crippen LogP contribution in [0.15, 0.2) is 5.38 Å². The molecule has 2 aromatic heterocycles. The number of nitrogens with two attached hydrogens (primary N) is 1. The largest absolute Gasteiger partial charge is 0.382 e. The molecule has 0 fully saturated rings. The van der Waals surface area contributed by atoms with E-state index in [1.807, 2.05) is 6.92 Å². The molecular weight excluding hydrogens is 302 g/mol. The van der Waals surface area contributed by atoms with Gasteiger partial charge in [0.2, 0.25) is 0 Å². The van der Waals surface area contributed by atoms with Crippen LogP contribution < -0.4 is 10.6 Å². The first-order valence-corrected chi connectivity index (χ1v) is 8.68. The molecule has 0 bridgehead atoms. The van der Waals surface area contributed by atoms with Crippen molar-refractivity contribution < 1.29 is 0 Å². The van der Waals surface area contributed by atoms with Crippen LogP contribution in [-0.4, -0.2) is 47.5 Å². The van der Waals surface area contributed by atoms with Crippen LogP contribution in [0.1, 0.15) is 19.5 Å². The Morgan fingerprint density at radius 1 is 1.38 bits per heavy atom. The van der Waals surface area contributed by atoms with Crippen LogP contribution >= 0.6 is 22.9 Å². The monoisotopic (exact) mass is 325 g/mol. The number of aromatic nitrogens is 2. The van der Waals surface area contributed by atoms with E-state index >= 15 is 0 Å². The number of thiazole rings is 1. The summed E-state index contributed by atoms with van der Waals surface area (Å²) in [5.41, 5.74) is 8.12. The maximum Gasteiger partial charge on any atom is 0.149 e. The van der Waals surface area contributed by atoms with E-state index in [1.165, 1.54) is 11.5 Å². The Labute approximate surface area is 134 Å². The first kappa shape index (κ1) is 16.2. The highest BCUT2D eigenvalue weighted by Gasteiger charge is 2.24. The molecule has 5 nitrogen and oxygen atoms in total. The summed E-state index contributed by atoms with van der Waals surface area (Å²) in [4.78, 5) is 9.14. The second-order valence-electron chi connectivity index (χ2n) is 5.44. The van der Waals surface area contributed by atoms with Crippen molar-refractivity contribution >= 4 is 33.7 Å². The predicted octanol–water partition coefficient (Wildman–Crippen LogP) is 2.93. The second kappa shape index (κ2) is 6.72. The Morgan fingerprint density at radius 3 is 2.62 bits per heavy atom. The fraction of sp³-hybridized carbons (Fsp3) is 0.571. The van der Waals surface area contributed by atoms with Gasteiger partial charge in [-0.1, -0.05) is 0 Å². The van der Waals surface area contributed by atoms with Gasteiger partial charge >= 0.3 is 0 Å². The third-order valence-corrected chi connectivity index (χ3v) is 5.17. The highest BCUT2D eigenvalue weighted by molar-refractivity contribution is 7.15. The number of nitrogens with zero attached hydrogens (tertiary/aromatic N) is 4. The topological polar surface area (TPSA) is 58.3 Å². The molecular formula is C14H23N5S2. The lowest BCUT2D eigenvalue weighted by Gasteiger charge is -2.31. The molecule has 0 radical (unpaired) electrons. The van der Waals surface area contributed by atoms with E-state index in [2.05, 4.69) is 52.5 Å². The van der Waals surface area contributed by atoms with E-state index in [0.29, 0.717) is 11.9 Å². The van der Waals surface area contributed by atoms with Crippen molar-refractivity contribution in [3.8, 4) is 10.6 Å². The van der Waals surface area contributed by atoms with Gasteiger partial charge in [0, 0.05) is 30.2 Å². The van der Waals surface area contributed by atoms with Crippen LogP contribution in [0, 0.1) is 6.92 Å². The molecule has 0 saturated heterocycles. The van der Waals surface area contributed by atoms with Gasteiger partial charge in [0.15, 0.2) is 0 Å². The van der Waals surface area contributed by atoms with Crippen LogP contribution in [-0.2, 0) is 0 Å². The molecule has 116 valence electrons. The maximum atomic E-state index is 6.11. The lowest BCUT2D eigenvalue weighted by atomic mass is 10.2. The number of rotatable bonds is 6. The summed E-state index contributed by atoms with van der Waals surface area (Å²) in [6.07, 6.45) is 0. The third-order valence-electron chi connectivity index (χ3n) is 3.30. The Hall–Kier alpha value is -1.18. The number of likely N-dealkylation sites (N-methyl/N-ethyl adjacent to an activating group) is 2. The lowest BCUT2D eigenvalue weighted by Crippen LogP contribution is -2.39. The predicted molar refractivity (Wildman–Crippen MR) is 93.4 cm³/mol. The summed E-state index contributed by atoms with van der Waals surface area (Å²) in [7, 11) is 4.19. The van der Waals surface area contributed by atoms with Crippen molar-refractivity contribution in [3.63, 3.8) is 0 Å². The van der Waals surface area contributed by atoms with Crippen molar-refractivity contribution in [3.05, 3.63) is 11.1 Å². The van der Waals surface area contributed by atoms with Crippen molar-refractivity contribution in [1.29, 1.82) is 0 Å². The van der Waals surface area contributed by atoms with Gasteiger partial charge in [-0.05, 0) is 46.4 Å². The SMILES string of the molecule is CCN(c1snc(N)c1-c1nc(C)cs1)C(C)CN(C)C. The summed E-state index contributed by atoms with van der Waals surface area (Å²) in [5.74, 6) is 0.583. The fourth-order valence-corrected chi connectivity index (χ4v) is 4.34. The number of aryl methyl sites for hydroxylation is 1. The van der Waals surface area contributed by atoms with Crippen LogP contribution in [0.3, 0.4) is 0 Å². The molecule has 2 heterocycles. The summed E-state index contributed by atoms with van der Waals surface area (Å²) in [5, 5.41) is 4.14. The number of hydrogen-bond donors (Lipinski definition) is 1. The highest BCUT2D eigenvalue weighted by atomic mass is 32.1. The van der Waals surface area contributed by atoms with Gasteiger partial charge in [-0.25, -0.2) is 4.98 Å². The highest BCUT2D eigenvalue weighted by Crippen LogP contribution is 2.41. The molecule has 0 amide bonds. The van der Waals surface area contributed by atoms with E-state index in [4.69, 9.17) is 5.73 Å². The summed E-state index contributed by atoms with van der Waals surface area (Å²) < 4.78 is 4.36. The molecule has 1 unspecified atom stereocenters. The Morgan fingerprint density at radius 2 is 2.10 bits per heavy atom. The van der Waals surface area contributed by atoms with Gasteiger partial charge in [-0.3, -0.25) is 0 Å². The van der Waals surface area contributed by atoms with Gasteiger partial charge in [0.05, 0.1) is 5.56 Å². The van der Waals surface area contributed by atoms with Crippen molar-refractivity contribution in [2.45, 2.75) is 26.8 Å². The standard InChI is InChI=1S/C14H23N5S2/c1-6-19(10(3)7-18(4)5)14-11(12(15)17-21-14)13-16-9(2)8-20-13/h8,10H,6-7H2,1-5H3,(H2,15,17). The van der Waals surface area contributed by atoms with E-state index in [0.717, 1.165) is 34.4 Å². The van der Waals surface area contributed by atoms with Crippen LogP contribution in [0.5, 0.6) is 0 Å². The van der Waals surface area contributed by atoms with Crippen molar-refractivity contribution in [2.24, 2.45) is 0 Å². The van der Waals surface area contributed by atoms with Gasteiger partial charge < -0.3 is 15.5 Å². The average molecular weight is 326 g/mol. The molecule has 0 saturated carbocycles. The molecule has 0 aliphatic rings. The molecule has 1 atom stereocenters. The summed E-state index contributed by atoms with van der Waals surface area (Å²) in [6, 6.07) is 0.393. The molecule has 2 rings (SSSR count). The Kier molecular flexibility index (Phi) is 5.18. The molecule has 0 aromatic carbocycles. The van der Waals surface area contributed by atoms with E-state index in [9.17, 15) is 0 Å². The van der Waals surface area contributed by atoms with Crippen LogP contribution in [0.4, 0.5) is 10.8 Å². The van der Waals surface area contributed by atoms with Crippen LogP contribution in [0.2, 0.25) is 0 Å². The van der Waals surface area contributed by atoms with Crippen molar-refractivity contribution in [2.75, 3.05) is 37.8 Å². The van der Waals surface area contributed by atoms with E-state index in [1.54, 1.807) is 11.3 Å². The molecule has 2 aromatic rings.